The van der Waals surface area contributed by atoms with Gasteiger partial charge < -0.3 is 14.2 Å². The van der Waals surface area contributed by atoms with Crippen molar-refractivity contribution in [2.24, 2.45) is 0 Å². The van der Waals surface area contributed by atoms with Crippen LogP contribution in [0.25, 0.3) is 0 Å². The van der Waals surface area contributed by atoms with Crippen LogP contribution in [0, 0.1) is 0 Å². The minimum Gasteiger partial charge on any atom is -0.462 e. The van der Waals surface area contributed by atoms with E-state index in [0.29, 0.717) is 19.3 Å². The van der Waals surface area contributed by atoms with Crippen LogP contribution < -0.4 is 0 Å². The van der Waals surface area contributed by atoms with Crippen molar-refractivity contribution >= 4 is 17.9 Å². The third-order valence-electron chi connectivity index (χ3n) is 12.2. The zero-order chi connectivity index (χ0) is 48.6. The molecule has 0 saturated carbocycles. The van der Waals surface area contributed by atoms with Crippen molar-refractivity contribution in [3.8, 4) is 0 Å². The largest absolute Gasteiger partial charge is 0.462 e. The van der Waals surface area contributed by atoms with Gasteiger partial charge in [-0.25, -0.2) is 0 Å². The first-order valence-electron chi connectivity index (χ1n) is 28.5. The van der Waals surface area contributed by atoms with Gasteiger partial charge in [-0.05, 0) is 96.3 Å². The summed E-state index contributed by atoms with van der Waals surface area (Å²) in [7, 11) is 0. The van der Waals surface area contributed by atoms with E-state index in [2.05, 4.69) is 93.7 Å². The van der Waals surface area contributed by atoms with Crippen LogP contribution in [0.4, 0.5) is 0 Å². The minimum atomic E-state index is -0.791. The van der Waals surface area contributed by atoms with E-state index in [4.69, 9.17) is 14.2 Å². The summed E-state index contributed by atoms with van der Waals surface area (Å²) in [6.45, 7) is 6.56. The molecule has 0 aliphatic rings. The van der Waals surface area contributed by atoms with Crippen LogP contribution >= 0.6 is 0 Å². The van der Waals surface area contributed by atoms with Gasteiger partial charge in [0.1, 0.15) is 13.2 Å². The molecule has 0 spiro atoms. The Hall–Kier alpha value is -3.15. The first kappa shape index (κ1) is 63.8. The standard InChI is InChI=1S/C61H106O6/c1-4-7-10-13-16-19-22-25-27-29-31-33-34-36-39-42-45-48-51-54-60(63)66-57-58(56-65-59(62)53-50-47-44-41-38-24-21-18-15-12-9-6-3)67-61(64)55-52-49-46-43-40-37-35-32-30-28-26-23-20-17-14-11-8-5-2/h16,18-19,21-23,25-26,28,30,32,35,58H,4-15,17,20,24,27,29,31,33-34,36-57H2,1-3H3/b19-16-,21-18-,25-22-,26-23-,30-28-,35-32-. The summed E-state index contributed by atoms with van der Waals surface area (Å²) < 4.78 is 16.8. The zero-order valence-corrected chi connectivity index (χ0v) is 44.2. The maximum absolute atomic E-state index is 12.8. The highest BCUT2D eigenvalue weighted by Crippen LogP contribution is 2.15. The van der Waals surface area contributed by atoms with Gasteiger partial charge in [-0.2, -0.15) is 0 Å². The molecule has 0 saturated heterocycles. The van der Waals surface area contributed by atoms with Crippen molar-refractivity contribution < 1.29 is 28.6 Å². The van der Waals surface area contributed by atoms with Crippen LogP contribution in [-0.4, -0.2) is 37.2 Å². The number of carbonyl (C=O) groups excluding carboxylic acids is 3. The van der Waals surface area contributed by atoms with E-state index in [1.165, 1.54) is 148 Å². The number of carbonyl (C=O) groups is 3. The maximum Gasteiger partial charge on any atom is 0.306 e. The number of ether oxygens (including phenoxy) is 3. The molecule has 0 amide bonds. The highest BCUT2D eigenvalue weighted by atomic mass is 16.6. The van der Waals surface area contributed by atoms with Crippen molar-refractivity contribution in [3.63, 3.8) is 0 Å². The van der Waals surface area contributed by atoms with Gasteiger partial charge in [0.25, 0.3) is 0 Å². The summed E-state index contributed by atoms with van der Waals surface area (Å²) in [6, 6.07) is 0. The molecule has 1 unspecified atom stereocenters. The molecule has 0 aliphatic carbocycles. The molecule has 0 aromatic rings. The summed E-state index contributed by atoms with van der Waals surface area (Å²) in [6.07, 6.45) is 70.3. The molecule has 6 heteroatoms. The third kappa shape index (κ3) is 53.7. The van der Waals surface area contributed by atoms with Crippen molar-refractivity contribution in [1.29, 1.82) is 0 Å². The third-order valence-corrected chi connectivity index (χ3v) is 12.2. The Bertz CT molecular complexity index is 1260. The van der Waals surface area contributed by atoms with Crippen molar-refractivity contribution in [2.45, 2.75) is 284 Å². The summed E-state index contributed by atoms with van der Waals surface area (Å²) in [4.78, 5) is 38.1. The molecule has 0 rings (SSSR count). The molecule has 0 bridgehead atoms. The van der Waals surface area contributed by atoms with Crippen LogP contribution in [0.1, 0.15) is 278 Å². The molecule has 1 atom stereocenters. The molecule has 0 aromatic heterocycles. The average Bonchev–Trinajstić information content (AvgIpc) is 3.33. The molecular formula is C61H106O6. The predicted octanol–water partition coefficient (Wildman–Crippen LogP) is 19.0. The van der Waals surface area contributed by atoms with Gasteiger partial charge in [-0.15, -0.1) is 0 Å². The number of unbranched alkanes of at least 4 members (excludes halogenated alkanes) is 31. The van der Waals surface area contributed by atoms with Gasteiger partial charge >= 0.3 is 17.9 Å². The molecule has 0 fully saturated rings. The second-order valence-electron chi connectivity index (χ2n) is 18.9. The second kappa shape index (κ2) is 55.4. The Kier molecular flexibility index (Phi) is 52.8. The molecule has 0 aromatic carbocycles. The molecular weight excluding hydrogens is 829 g/mol. The van der Waals surface area contributed by atoms with Crippen LogP contribution in [0.15, 0.2) is 72.9 Å². The summed E-state index contributed by atoms with van der Waals surface area (Å²) in [5, 5.41) is 0. The number of allylic oxidation sites excluding steroid dienone is 12. The molecule has 67 heavy (non-hydrogen) atoms. The fraction of sp³-hybridized carbons (Fsp3) is 0.754. The van der Waals surface area contributed by atoms with Gasteiger partial charge in [0, 0.05) is 19.3 Å². The fourth-order valence-electron chi connectivity index (χ4n) is 7.90. The van der Waals surface area contributed by atoms with E-state index in [1.807, 2.05) is 0 Å². The van der Waals surface area contributed by atoms with E-state index in [1.54, 1.807) is 0 Å². The number of esters is 3. The van der Waals surface area contributed by atoms with Crippen LogP contribution in [0.5, 0.6) is 0 Å². The summed E-state index contributed by atoms with van der Waals surface area (Å²) in [5.41, 5.74) is 0. The van der Waals surface area contributed by atoms with Crippen LogP contribution in [-0.2, 0) is 28.6 Å². The molecule has 0 aliphatic heterocycles. The van der Waals surface area contributed by atoms with Crippen LogP contribution in [0.3, 0.4) is 0 Å². The van der Waals surface area contributed by atoms with Gasteiger partial charge in [0.05, 0.1) is 0 Å². The predicted molar refractivity (Wildman–Crippen MR) is 288 cm³/mol. The average molecular weight is 936 g/mol. The number of hydrogen-bond acceptors (Lipinski definition) is 6. The molecule has 0 N–H and O–H groups in total. The van der Waals surface area contributed by atoms with E-state index in [0.717, 1.165) is 89.9 Å². The van der Waals surface area contributed by atoms with Gasteiger partial charge in [-0.3, -0.25) is 14.4 Å². The lowest BCUT2D eigenvalue weighted by atomic mass is 10.1. The smallest absolute Gasteiger partial charge is 0.306 e. The number of hydrogen-bond donors (Lipinski definition) is 0. The first-order chi connectivity index (χ1) is 33.0. The Morgan fingerprint density at radius 2 is 0.552 bits per heavy atom. The Morgan fingerprint density at radius 3 is 0.910 bits per heavy atom. The van der Waals surface area contributed by atoms with Crippen LogP contribution in [0.2, 0.25) is 0 Å². The highest BCUT2D eigenvalue weighted by molar-refractivity contribution is 5.71. The highest BCUT2D eigenvalue weighted by Gasteiger charge is 2.19. The first-order valence-corrected chi connectivity index (χ1v) is 28.5. The lowest BCUT2D eigenvalue weighted by Gasteiger charge is -2.18. The SMILES string of the molecule is CCCCC/C=C\C=C/CCCCCCCCCCCCC(=O)OCC(COC(=O)CCCCCCC/C=C\CCCCC)OC(=O)CCCCCCC\C=C/C=C\C=C/CCCCCCC. The quantitative estimate of drug-likeness (QED) is 0.0199. The van der Waals surface area contributed by atoms with Gasteiger partial charge in [0.15, 0.2) is 6.10 Å². The normalized spacial score (nSPS) is 12.6. The van der Waals surface area contributed by atoms with Crippen molar-refractivity contribution in [1.82, 2.24) is 0 Å². The summed E-state index contributed by atoms with van der Waals surface area (Å²) in [5.74, 6) is -0.914. The zero-order valence-electron chi connectivity index (χ0n) is 44.2. The van der Waals surface area contributed by atoms with Crippen molar-refractivity contribution in [2.75, 3.05) is 13.2 Å². The topological polar surface area (TPSA) is 78.9 Å². The molecule has 6 nitrogen and oxygen atoms in total. The maximum atomic E-state index is 12.8. The number of rotatable bonds is 51. The van der Waals surface area contributed by atoms with E-state index in [9.17, 15) is 14.4 Å². The lowest BCUT2D eigenvalue weighted by molar-refractivity contribution is -0.167. The Balaban J connectivity index is 4.40. The van der Waals surface area contributed by atoms with Crippen molar-refractivity contribution in [3.05, 3.63) is 72.9 Å². The second-order valence-corrected chi connectivity index (χ2v) is 18.9. The Morgan fingerprint density at radius 1 is 0.299 bits per heavy atom. The van der Waals surface area contributed by atoms with E-state index < -0.39 is 6.10 Å². The van der Waals surface area contributed by atoms with E-state index in [-0.39, 0.29) is 31.1 Å². The minimum absolute atomic E-state index is 0.0878. The van der Waals surface area contributed by atoms with Gasteiger partial charge in [-0.1, -0.05) is 235 Å². The fourth-order valence-corrected chi connectivity index (χ4v) is 7.90. The van der Waals surface area contributed by atoms with E-state index >= 15 is 0 Å². The molecule has 386 valence electrons. The van der Waals surface area contributed by atoms with Gasteiger partial charge in [0.2, 0.25) is 0 Å². The molecule has 0 heterocycles. The molecule has 0 radical (unpaired) electrons. The lowest BCUT2D eigenvalue weighted by Crippen LogP contribution is -2.30. The monoisotopic (exact) mass is 935 g/mol. The Labute approximate surface area is 414 Å². The summed E-state index contributed by atoms with van der Waals surface area (Å²) >= 11 is 0.